The molecule has 1 saturated heterocycles. The summed E-state index contributed by atoms with van der Waals surface area (Å²) in [5.41, 5.74) is 0. The highest BCUT2D eigenvalue weighted by Gasteiger charge is 2.39. The molecule has 5 nitrogen and oxygen atoms in total. The lowest BCUT2D eigenvalue weighted by Crippen LogP contribution is -2.50. The average molecular weight is 261 g/mol. The predicted molar refractivity (Wildman–Crippen MR) is 66.9 cm³/mol. The molecule has 0 saturated carbocycles. The van der Waals surface area contributed by atoms with Crippen LogP contribution in [0.1, 0.15) is 19.8 Å². The van der Waals surface area contributed by atoms with Crippen molar-refractivity contribution in [3.8, 4) is 11.5 Å². The van der Waals surface area contributed by atoms with Gasteiger partial charge in [-0.25, -0.2) is 0 Å². The number of likely N-dealkylation sites (tertiary alicyclic amines) is 1. The zero-order valence-corrected chi connectivity index (χ0v) is 10.7. The summed E-state index contributed by atoms with van der Waals surface area (Å²) in [6, 6.07) is 7.08. The van der Waals surface area contributed by atoms with Gasteiger partial charge in [0.05, 0.1) is 6.04 Å². The Morgan fingerprint density at radius 2 is 1.79 bits per heavy atom. The van der Waals surface area contributed by atoms with E-state index in [9.17, 15) is 9.59 Å². The van der Waals surface area contributed by atoms with Crippen LogP contribution in [-0.4, -0.2) is 35.5 Å². The molecule has 1 aromatic rings. The number of benzene rings is 1. The molecule has 2 amide bonds. The van der Waals surface area contributed by atoms with E-state index < -0.39 is 0 Å². The number of carbonyl (C=O) groups is 2. The fourth-order valence-corrected chi connectivity index (χ4v) is 2.49. The quantitative estimate of drug-likeness (QED) is 0.754. The van der Waals surface area contributed by atoms with Crippen molar-refractivity contribution in [3.63, 3.8) is 0 Å². The van der Waals surface area contributed by atoms with E-state index in [-0.39, 0.29) is 24.0 Å². The van der Waals surface area contributed by atoms with E-state index in [1.807, 2.05) is 31.2 Å². The van der Waals surface area contributed by atoms with E-state index in [0.717, 1.165) is 0 Å². The highest BCUT2D eigenvalue weighted by atomic mass is 16.6. The highest BCUT2D eigenvalue weighted by Crippen LogP contribution is 2.32. The average Bonchev–Trinajstić information content (AvgIpc) is 2.77. The van der Waals surface area contributed by atoms with Gasteiger partial charge in [0.2, 0.25) is 11.8 Å². The van der Waals surface area contributed by atoms with Gasteiger partial charge in [0.25, 0.3) is 0 Å². The Morgan fingerprint density at radius 3 is 2.47 bits per heavy atom. The molecule has 2 aliphatic rings. The lowest BCUT2D eigenvalue weighted by Gasteiger charge is -2.34. The molecule has 0 radical (unpaired) electrons. The van der Waals surface area contributed by atoms with Crippen molar-refractivity contribution in [1.29, 1.82) is 0 Å². The molecule has 5 heteroatoms. The lowest BCUT2D eigenvalue weighted by atomic mass is 10.1. The largest absolute Gasteiger partial charge is 0.486 e. The van der Waals surface area contributed by atoms with Crippen LogP contribution in [-0.2, 0) is 9.59 Å². The maximum absolute atomic E-state index is 11.7. The standard InChI is InChI=1S/C14H15NO4/c1-9(15-13(16)6-7-14(15)17)12-8-18-10-4-2-3-5-11(10)19-12/h2-5,9,12H,6-8H2,1H3/t9-,12-/m0/s1. The van der Waals surface area contributed by atoms with Crippen LogP contribution in [0.3, 0.4) is 0 Å². The van der Waals surface area contributed by atoms with Crippen LogP contribution in [0.4, 0.5) is 0 Å². The molecule has 3 rings (SSSR count). The van der Waals surface area contributed by atoms with Crippen molar-refractivity contribution in [2.45, 2.75) is 31.9 Å². The second-order valence-corrected chi connectivity index (χ2v) is 4.81. The van der Waals surface area contributed by atoms with Gasteiger partial charge in [0.1, 0.15) is 6.61 Å². The van der Waals surface area contributed by atoms with Crippen LogP contribution in [0.5, 0.6) is 11.5 Å². The first-order valence-electron chi connectivity index (χ1n) is 6.40. The maximum atomic E-state index is 11.7. The summed E-state index contributed by atoms with van der Waals surface area (Å²) in [6.07, 6.45) is 0.279. The van der Waals surface area contributed by atoms with Gasteiger partial charge in [-0.2, -0.15) is 0 Å². The van der Waals surface area contributed by atoms with Gasteiger partial charge in [-0.15, -0.1) is 0 Å². The van der Waals surface area contributed by atoms with Gasteiger partial charge in [-0.1, -0.05) is 12.1 Å². The molecule has 0 aromatic heterocycles. The number of imide groups is 1. The van der Waals surface area contributed by atoms with Crippen LogP contribution >= 0.6 is 0 Å². The highest BCUT2D eigenvalue weighted by molar-refractivity contribution is 6.02. The smallest absolute Gasteiger partial charge is 0.230 e. The third-order valence-corrected chi connectivity index (χ3v) is 3.57. The number of amides is 2. The number of hydrogen-bond acceptors (Lipinski definition) is 4. The van der Waals surface area contributed by atoms with Gasteiger partial charge in [-0.05, 0) is 19.1 Å². The summed E-state index contributed by atoms with van der Waals surface area (Å²) in [5.74, 6) is 1.11. The van der Waals surface area contributed by atoms with Gasteiger partial charge < -0.3 is 9.47 Å². The van der Waals surface area contributed by atoms with Crippen LogP contribution in [0, 0.1) is 0 Å². The predicted octanol–water partition coefficient (Wildman–Crippen LogP) is 1.36. The summed E-state index contributed by atoms with van der Waals surface area (Å²) in [6.45, 7) is 2.16. The summed E-state index contributed by atoms with van der Waals surface area (Å²) in [5, 5.41) is 0. The van der Waals surface area contributed by atoms with Crippen LogP contribution in [0.15, 0.2) is 24.3 Å². The molecule has 1 aromatic carbocycles. The fraction of sp³-hybridized carbons (Fsp3) is 0.429. The Labute approximate surface area is 111 Å². The van der Waals surface area contributed by atoms with E-state index in [2.05, 4.69) is 0 Å². The minimum atomic E-state index is -0.319. The Bertz CT molecular complexity index is 512. The number of fused-ring (bicyclic) bond motifs is 1. The van der Waals surface area contributed by atoms with Gasteiger partial charge >= 0.3 is 0 Å². The molecule has 2 aliphatic heterocycles. The monoisotopic (exact) mass is 261 g/mol. The molecule has 0 bridgehead atoms. The second kappa shape index (κ2) is 4.57. The van der Waals surface area contributed by atoms with Crippen molar-refractivity contribution in [1.82, 2.24) is 4.90 Å². The first kappa shape index (κ1) is 12.0. The van der Waals surface area contributed by atoms with Crippen molar-refractivity contribution in [2.24, 2.45) is 0 Å². The SMILES string of the molecule is C[C@@H]([C@@H]1COc2ccccc2O1)N1C(=O)CCC1=O. The Kier molecular flexibility index (Phi) is 2.89. The summed E-state index contributed by atoms with van der Waals surface area (Å²) in [7, 11) is 0. The molecule has 19 heavy (non-hydrogen) atoms. The maximum Gasteiger partial charge on any atom is 0.230 e. The van der Waals surface area contributed by atoms with Crippen LogP contribution < -0.4 is 9.47 Å². The van der Waals surface area contributed by atoms with Crippen molar-refractivity contribution in [2.75, 3.05) is 6.61 Å². The number of ether oxygens (including phenoxy) is 2. The molecule has 0 spiro atoms. The molecule has 0 unspecified atom stereocenters. The van der Waals surface area contributed by atoms with E-state index in [4.69, 9.17) is 9.47 Å². The minimum absolute atomic E-state index is 0.125. The number of hydrogen-bond donors (Lipinski definition) is 0. The Balaban J connectivity index is 1.77. The Morgan fingerprint density at radius 1 is 1.16 bits per heavy atom. The summed E-state index contributed by atoms with van der Waals surface area (Å²) in [4.78, 5) is 24.8. The zero-order valence-electron chi connectivity index (χ0n) is 10.7. The topological polar surface area (TPSA) is 55.8 Å². The third-order valence-electron chi connectivity index (χ3n) is 3.57. The summed E-state index contributed by atoms with van der Waals surface area (Å²) < 4.78 is 11.4. The molecule has 1 fully saturated rings. The normalized spacial score (nSPS) is 23.6. The molecular weight excluding hydrogens is 246 g/mol. The van der Waals surface area contributed by atoms with E-state index >= 15 is 0 Å². The van der Waals surface area contributed by atoms with Crippen LogP contribution in [0.2, 0.25) is 0 Å². The zero-order chi connectivity index (χ0) is 13.4. The van der Waals surface area contributed by atoms with Gasteiger partial charge in [0, 0.05) is 12.8 Å². The number of carbonyl (C=O) groups excluding carboxylic acids is 2. The number of nitrogens with zero attached hydrogens (tertiary/aromatic N) is 1. The number of para-hydroxylation sites is 2. The molecule has 2 heterocycles. The van der Waals surface area contributed by atoms with E-state index in [1.165, 1.54) is 4.90 Å². The second-order valence-electron chi connectivity index (χ2n) is 4.81. The first-order chi connectivity index (χ1) is 9.16. The van der Waals surface area contributed by atoms with Gasteiger partial charge in [-0.3, -0.25) is 14.5 Å². The van der Waals surface area contributed by atoms with E-state index in [1.54, 1.807) is 0 Å². The van der Waals surface area contributed by atoms with Crippen molar-refractivity contribution < 1.29 is 19.1 Å². The van der Waals surface area contributed by atoms with E-state index in [0.29, 0.717) is 30.9 Å². The minimum Gasteiger partial charge on any atom is -0.486 e. The Hall–Kier alpha value is -2.04. The third kappa shape index (κ3) is 2.05. The molecule has 2 atom stereocenters. The molecule has 0 aliphatic carbocycles. The fourth-order valence-electron chi connectivity index (χ4n) is 2.49. The molecule has 100 valence electrons. The van der Waals surface area contributed by atoms with Crippen LogP contribution in [0.25, 0.3) is 0 Å². The summed E-state index contributed by atoms with van der Waals surface area (Å²) >= 11 is 0. The van der Waals surface area contributed by atoms with Crippen molar-refractivity contribution in [3.05, 3.63) is 24.3 Å². The van der Waals surface area contributed by atoms with Crippen molar-refractivity contribution >= 4 is 11.8 Å². The molecular formula is C14H15NO4. The molecule has 0 N–H and O–H groups in total. The lowest BCUT2D eigenvalue weighted by molar-refractivity contribution is -0.143. The number of rotatable bonds is 2. The van der Waals surface area contributed by atoms with Gasteiger partial charge in [0.15, 0.2) is 17.6 Å². The first-order valence-corrected chi connectivity index (χ1v) is 6.40.